The van der Waals surface area contributed by atoms with E-state index in [1.807, 2.05) is 61.6 Å². The fourth-order valence-electron chi connectivity index (χ4n) is 6.90. The highest BCUT2D eigenvalue weighted by molar-refractivity contribution is 6.00. The molecule has 4 heterocycles. The normalized spacial score (nSPS) is 32.3. The van der Waals surface area contributed by atoms with E-state index >= 15 is 0 Å². The summed E-state index contributed by atoms with van der Waals surface area (Å²) in [5.41, 5.74) is -1.25. The van der Waals surface area contributed by atoms with Crippen molar-refractivity contribution >= 4 is 17.7 Å². The number of aliphatic hydroxyl groups excluding tert-OH is 1. The maximum absolute atomic E-state index is 14.3. The SMILES string of the molecule is CCCCCN1CC=C[C@]23O[C@]4(CC)C=CCN(Cc5ccccc5)C(=O)[C@@H]4[C@H]2C(=O)N(CCO)C3C1=O. The molecule has 0 saturated carbocycles. The average Bonchev–Trinajstić information content (AvgIpc) is 3.21. The smallest absolute Gasteiger partial charge is 0.249 e. The zero-order valence-electron chi connectivity index (χ0n) is 22.4. The minimum Gasteiger partial charge on any atom is -0.395 e. The first kappa shape index (κ1) is 26.6. The number of amides is 3. The van der Waals surface area contributed by atoms with Crippen molar-refractivity contribution in [3.05, 3.63) is 60.2 Å². The van der Waals surface area contributed by atoms with Crippen molar-refractivity contribution in [3.63, 3.8) is 0 Å². The van der Waals surface area contributed by atoms with Crippen LogP contribution in [-0.2, 0) is 25.7 Å². The highest BCUT2D eigenvalue weighted by atomic mass is 16.5. The molecule has 2 saturated heterocycles. The van der Waals surface area contributed by atoms with Crippen LogP contribution in [0.4, 0.5) is 0 Å². The van der Waals surface area contributed by atoms with Crippen molar-refractivity contribution in [1.82, 2.24) is 14.7 Å². The molecule has 8 heteroatoms. The van der Waals surface area contributed by atoms with Crippen LogP contribution >= 0.6 is 0 Å². The molecule has 0 radical (unpaired) electrons. The molecule has 1 aromatic rings. The average molecular weight is 522 g/mol. The zero-order chi connectivity index (χ0) is 26.9. The molecule has 4 aliphatic heterocycles. The van der Waals surface area contributed by atoms with Crippen LogP contribution in [0, 0.1) is 11.8 Å². The van der Waals surface area contributed by atoms with Crippen LogP contribution in [0.15, 0.2) is 54.6 Å². The van der Waals surface area contributed by atoms with Crippen LogP contribution in [0.1, 0.15) is 45.1 Å². The molecule has 2 fully saturated rings. The number of likely N-dealkylation sites (tertiary alicyclic amines) is 1. The van der Waals surface area contributed by atoms with Crippen molar-refractivity contribution in [3.8, 4) is 0 Å². The molecule has 1 aromatic carbocycles. The van der Waals surface area contributed by atoms with Gasteiger partial charge in [-0.05, 0) is 18.4 Å². The highest BCUT2D eigenvalue weighted by Crippen LogP contribution is 2.58. The summed E-state index contributed by atoms with van der Waals surface area (Å²) in [5.74, 6) is -2.21. The number of unbranched alkanes of at least 4 members (excludes halogenated alkanes) is 2. The van der Waals surface area contributed by atoms with Crippen molar-refractivity contribution in [2.45, 2.75) is 63.3 Å². The molecule has 0 aromatic heterocycles. The lowest BCUT2D eigenvalue weighted by atomic mass is 9.73. The number of hydrogen-bond donors (Lipinski definition) is 1. The Labute approximate surface area is 224 Å². The monoisotopic (exact) mass is 521 g/mol. The quantitative estimate of drug-likeness (QED) is 0.399. The van der Waals surface area contributed by atoms with E-state index in [9.17, 15) is 19.5 Å². The third-order valence-corrected chi connectivity index (χ3v) is 8.70. The van der Waals surface area contributed by atoms with Gasteiger partial charge in [0.05, 0.1) is 24.0 Å². The van der Waals surface area contributed by atoms with E-state index in [1.54, 1.807) is 9.80 Å². The number of β-amino-alcohol motifs (C(OH)–C–C–N with tert-alkyl or cyclic N) is 1. The maximum Gasteiger partial charge on any atom is 0.249 e. The van der Waals surface area contributed by atoms with Crippen molar-refractivity contribution in [2.24, 2.45) is 11.8 Å². The predicted octanol–water partition coefficient (Wildman–Crippen LogP) is 2.53. The first-order chi connectivity index (χ1) is 18.4. The number of aliphatic hydroxyl groups is 1. The van der Waals surface area contributed by atoms with E-state index in [4.69, 9.17) is 4.74 Å². The van der Waals surface area contributed by atoms with Crippen LogP contribution in [0.3, 0.4) is 0 Å². The first-order valence-electron chi connectivity index (χ1n) is 14.0. The molecule has 8 nitrogen and oxygen atoms in total. The van der Waals surface area contributed by atoms with E-state index in [-0.39, 0.29) is 30.9 Å². The molecule has 1 unspecified atom stereocenters. The Morgan fingerprint density at radius 2 is 1.63 bits per heavy atom. The molecule has 0 aliphatic carbocycles. The van der Waals surface area contributed by atoms with Crippen molar-refractivity contribution < 1.29 is 24.2 Å². The number of ether oxygens (including phenoxy) is 1. The Morgan fingerprint density at radius 1 is 0.895 bits per heavy atom. The lowest BCUT2D eigenvalue weighted by molar-refractivity contribution is -0.154. The van der Waals surface area contributed by atoms with Crippen LogP contribution in [0.2, 0.25) is 0 Å². The van der Waals surface area contributed by atoms with Gasteiger partial charge in [-0.3, -0.25) is 14.4 Å². The van der Waals surface area contributed by atoms with Gasteiger partial charge in [-0.1, -0.05) is 81.3 Å². The fourth-order valence-corrected chi connectivity index (χ4v) is 6.90. The van der Waals surface area contributed by atoms with Crippen LogP contribution < -0.4 is 0 Å². The number of benzene rings is 1. The standard InChI is InChI=1S/C30H39N3O5/c1-3-5-9-16-31-17-11-15-30-24(27(36)33(19-20-34)25(30)28(31)37)23-26(35)32(21-22-12-7-6-8-13-22)18-10-14-29(23,4-2)38-30/h6-8,10-15,23-25,34H,3-5,9,16-21H2,1-2H3/t23-,24-,25?,29+,30-/m0/s1. The molecular formula is C30H39N3O5. The minimum atomic E-state index is -1.26. The Hall–Kier alpha value is -2.97. The maximum atomic E-state index is 14.3. The van der Waals surface area contributed by atoms with Gasteiger partial charge >= 0.3 is 0 Å². The zero-order valence-corrected chi connectivity index (χ0v) is 22.4. The number of rotatable bonds is 9. The Balaban J connectivity index is 1.56. The first-order valence-corrected chi connectivity index (χ1v) is 14.0. The van der Waals surface area contributed by atoms with Gasteiger partial charge in [0.1, 0.15) is 11.6 Å². The van der Waals surface area contributed by atoms with Gasteiger partial charge in [0, 0.05) is 32.7 Å². The van der Waals surface area contributed by atoms with Crippen LogP contribution in [-0.4, -0.2) is 87.6 Å². The van der Waals surface area contributed by atoms with Gasteiger partial charge in [-0.25, -0.2) is 0 Å². The molecule has 5 rings (SSSR count). The van der Waals surface area contributed by atoms with Gasteiger partial charge in [0.2, 0.25) is 17.7 Å². The number of nitrogens with zero attached hydrogens (tertiary/aromatic N) is 3. The van der Waals surface area contributed by atoms with Gasteiger partial charge in [0.15, 0.2) is 0 Å². The topological polar surface area (TPSA) is 90.4 Å². The second-order valence-corrected chi connectivity index (χ2v) is 10.9. The third-order valence-electron chi connectivity index (χ3n) is 8.70. The molecule has 0 bridgehead atoms. The predicted molar refractivity (Wildman–Crippen MR) is 143 cm³/mol. The number of fused-ring (bicyclic) bond motifs is 2. The summed E-state index contributed by atoms with van der Waals surface area (Å²) >= 11 is 0. The fraction of sp³-hybridized carbons (Fsp3) is 0.567. The second-order valence-electron chi connectivity index (χ2n) is 10.9. The molecule has 4 aliphatic rings. The van der Waals surface area contributed by atoms with E-state index in [0.29, 0.717) is 32.6 Å². The largest absolute Gasteiger partial charge is 0.395 e. The summed E-state index contributed by atoms with van der Waals surface area (Å²) in [4.78, 5) is 47.5. The summed E-state index contributed by atoms with van der Waals surface area (Å²) in [6, 6.07) is 8.90. The Kier molecular flexibility index (Phi) is 7.47. The number of hydrogen-bond acceptors (Lipinski definition) is 5. The van der Waals surface area contributed by atoms with E-state index in [0.717, 1.165) is 24.8 Å². The van der Waals surface area contributed by atoms with Gasteiger partial charge in [-0.15, -0.1) is 0 Å². The summed E-state index contributed by atoms with van der Waals surface area (Å²) in [6.45, 7) is 5.74. The summed E-state index contributed by atoms with van der Waals surface area (Å²) in [7, 11) is 0. The van der Waals surface area contributed by atoms with E-state index in [2.05, 4.69) is 6.92 Å². The molecule has 38 heavy (non-hydrogen) atoms. The lowest BCUT2D eigenvalue weighted by Gasteiger charge is -2.38. The van der Waals surface area contributed by atoms with Gasteiger partial charge in [-0.2, -0.15) is 0 Å². The number of carbonyl (C=O) groups is 3. The number of carbonyl (C=O) groups excluding carboxylic acids is 3. The van der Waals surface area contributed by atoms with Gasteiger partial charge < -0.3 is 24.5 Å². The summed E-state index contributed by atoms with van der Waals surface area (Å²) < 4.78 is 6.93. The Morgan fingerprint density at radius 3 is 2.34 bits per heavy atom. The van der Waals surface area contributed by atoms with Crippen LogP contribution in [0.5, 0.6) is 0 Å². The van der Waals surface area contributed by atoms with E-state index in [1.165, 1.54) is 4.90 Å². The molecule has 1 N–H and O–H groups in total. The van der Waals surface area contributed by atoms with Crippen molar-refractivity contribution in [1.29, 1.82) is 0 Å². The third kappa shape index (κ3) is 4.18. The molecule has 1 spiro atoms. The summed E-state index contributed by atoms with van der Waals surface area (Å²) in [6.07, 6.45) is 11.2. The Bertz CT molecular complexity index is 1120. The molecule has 3 amide bonds. The van der Waals surface area contributed by atoms with Crippen LogP contribution in [0.25, 0.3) is 0 Å². The molecule has 5 atom stereocenters. The summed E-state index contributed by atoms with van der Waals surface area (Å²) in [5, 5.41) is 9.86. The van der Waals surface area contributed by atoms with Gasteiger partial charge in [0.25, 0.3) is 0 Å². The van der Waals surface area contributed by atoms with E-state index < -0.39 is 29.1 Å². The highest BCUT2D eigenvalue weighted by Gasteiger charge is 2.75. The molecule has 204 valence electrons. The minimum absolute atomic E-state index is 0.0249. The second kappa shape index (κ2) is 10.7. The molecular weight excluding hydrogens is 482 g/mol. The van der Waals surface area contributed by atoms with Crippen molar-refractivity contribution in [2.75, 3.05) is 32.8 Å². The lowest BCUT2D eigenvalue weighted by Crippen LogP contribution is -2.56.